The fraction of sp³-hybridized carbons (Fsp3) is 0.857. The Balaban J connectivity index is 1.66. The van der Waals surface area contributed by atoms with Crippen LogP contribution >= 0.6 is 0 Å². The van der Waals surface area contributed by atoms with Gasteiger partial charge in [0.15, 0.2) is 0 Å². The Morgan fingerprint density at radius 1 is 1.47 bits per heavy atom. The summed E-state index contributed by atoms with van der Waals surface area (Å²) in [4.78, 5) is 0. The fourth-order valence-electron chi connectivity index (χ4n) is 3.42. The van der Waals surface area contributed by atoms with Gasteiger partial charge in [0, 0.05) is 13.2 Å². The van der Waals surface area contributed by atoms with Crippen LogP contribution in [-0.2, 0) is 11.3 Å². The van der Waals surface area contributed by atoms with Crippen molar-refractivity contribution in [3.8, 4) is 0 Å². The molecule has 1 aromatic rings. The first-order valence-electron chi connectivity index (χ1n) is 7.57. The fourth-order valence-corrected chi connectivity index (χ4v) is 3.42. The van der Waals surface area contributed by atoms with Gasteiger partial charge >= 0.3 is 0 Å². The minimum absolute atomic E-state index is 0.150. The molecule has 0 bridgehead atoms. The Morgan fingerprint density at radius 3 is 3.11 bits per heavy atom. The van der Waals surface area contributed by atoms with Crippen LogP contribution in [0.25, 0.3) is 0 Å². The maximum Gasteiger partial charge on any atom is 0.0964 e. The van der Waals surface area contributed by atoms with Crippen molar-refractivity contribution in [2.45, 2.75) is 63.6 Å². The highest BCUT2D eigenvalue weighted by Crippen LogP contribution is 2.43. The van der Waals surface area contributed by atoms with E-state index in [0.717, 1.165) is 38.2 Å². The van der Waals surface area contributed by atoms with E-state index in [0.29, 0.717) is 6.04 Å². The molecule has 3 rings (SSSR count). The lowest BCUT2D eigenvalue weighted by atomic mass is 9.89. The highest BCUT2D eigenvalue weighted by atomic mass is 16.5. The average Bonchev–Trinajstić information content (AvgIpc) is 3.06. The minimum atomic E-state index is 0.150. The van der Waals surface area contributed by atoms with Crippen LogP contribution in [0.15, 0.2) is 6.20 Å². The van der Waals surface area contributed by atoms with Crippen LogP contribution in [0.2, 0.25) is 0 Å². The van der Waals surface area contributed by atoms with Gasteiger partial charge < -0.3 is 10.1 Å². The van der Waals surface area contributed by atoms with E-state index in [9.17, 15) is 0 Å². The molecule has 2 fully saturated rings. The number of ether oxygens (including phenoxy) is 1. The van der Waals surface area contributed by atoms with E-state index < -0.39 is 0 Å². The van der Waals surface area contributed by atoms with Crippen molar-refractivity contribution in [2.75, 3.05) is 13.2 Å². The summed E-state index contributed by atoms with van der Waals surface area (Å²) in [6, 6.07) is 0.467. The molecule has 1 spiro atoms. The summed E-state index contributed by atoms with van der Waals surface area (Å²) < 4.78 is 8.14. The Labute approximate surface area is 114 Å². The van der Waals surface area contributed by atoms with Crippen molar-refractivity contribution in [1.82, 2.24) is 20.3 Å². The van der Waals surface area contributed by atoms with Gasteiger partial charge in [0.25, 0.3) is 0 Å². The normalized spacial score (nSPS) is 26.1. The van der Waals surface area contributed by atoms with E-state index in [1.807, 2.05) is 0 Å². The molecular formula is C14H24N4O. The quantitative estimate of drug-likeness (QED) is 0.904. The molecule has 0 radical (unpaired) electrons. The topological polar surface area (TPSA) is 52.0 Å². The third kappa shape index (κ3) is 2.82. The Hall–Kier alpha value is -0.940. The maximum absolute atomic E-state index is 6.08. The van der Waals surface area contributed by atoms with Gasteiger partial charge in [-0.2, -0.15) is 0 Å². The van der Waals surface area contributed by atoms with E-state index in [-0.39, 0.29) is 5.60 Å². The summed E-state index contributed by atoms with van der Waals surface area (Å²) in [7, 11) is 0. The van der Waals surface area contributed by atoms with Crippen molar-refractivity contribution >= 4 is 0 Å². The number of hydrogen-bond acceptors (Lipinski definition) is 4. The second-order valence-electron chi connectivity index (χ2n) is 5.86. The summed E-state index contributed by atoms with van der Waals surface area (Å²) in [5, 5.41) is 11.9. The molecule has 1 aliphatic carbocycles. The third-order valence-electron chi connectivity index (χ3n) is 4.47. The first-order chi connectivity index (χ1) is 9.31. The molecule has 1 unspecified atom stereocenters. The molecule has 5 heteroatoms. The van der Waals surface area contributed by atoms with Gasteiger partial charge in [-0.3, -0.25) is 0 Å². The first-order valence-corrected chi connectivity index (χ1v) is 7.57. The highest BCUT2D eigenvalue weighted by molar-refractivity contribution is 4.97. The lowest BCUT2D eigenvalue weighted by molar-refractivity contribution is -0.0911. The molecule has 1 aromatic heterocycles. The standard InChI is InChI=1S/C14H24N4O/c1-2-15-10-12-11-18(17-16-12)13-5-8-19-14(9-13)6-3-4-7-14/h11,13,15H,2-10H2,1H3. The summed E-state index contributed by atoms with van der Waals surface area (Å²) in [6.07, 6.45) is 9.35. The number of nitrogens with zero attached hydrogens (tertiary/aromatic N) is 3. The van der Waals surface area contributed by atoms with E-state index in [1.54, 1.807) is 0 Å². The van der Waals surface area contributed by atoms with Gasteiger partial charge in [-0.1, -0.05) is 25.0 Å². The molecule has 1 N–H and O–H groups in total. The zero-order valence-electron chi connectivity index (χ0n) is 11.8. The van der Waals surface area contributed by atoms with Crippen LogP contribution in [0.5, 0.6) is 0 Å². The highest BCUT2D eigenvalue weighted by Gasteiger charge is 2.40. The van der Waals surface area contributed by atoms with Crippen molar-refractivity contribution in [2.24, 2.45) is 0 Å². The molecule has 5 nitrogen and oxygen atoms in total. The van der Waals surface area contributed by atoms with E-state index in [4.69, 9.17) is 4.74 Å². The van der Waals surface area contributed by atoms with E-state index in [2.05, 4.69) is 33.4 Å². The van der Waals surface area contributed by atoms with Gasteiger partial charge in [0.2, 0.25) is 0 Å². The van der Waals surface area contributed by atoms with Crippen LogP contribution in [0.3, 0.4) is 0 Å². The summed E-state index contributed by atoms with van der Waals surface area (Å²) in [5.74, 6) is 0. The molecule has 1 atom stereocenters. The van der Waals surface area contributed by atoms with Crippen molar-refractivity contribution in [3.05, 3.63) is 11.9 Å². The minimum Gasteiger partial charge on any atom is -0.375 e. The van der Waals surface area contributed by atoms with Crippen LogP contribution in [0, 0.1) is 0 Å². The molecular weight excluding hydrogens is 240 g/mol. The molecule has 2 aliphatic rings. The van der Waals surface area contributed by atoms with Gasteiger partial charge in [0.1, 0.15) is 0 Å². The molecule has 1 saturated carbocycles. The number of hydrogen-bond donors (Lipinski definition) is 1. The Morgan fingerprint density at radius 2 is 2.32 bits per heavy atom. The van der Waals surface area contributed by atoms with Crippen molar-refractivity contribution in [3.63, 3.8) is 0 Å². The maximum atomic E-state index is 6.08. The van der Waals surface area contributed by atoms with E-state index >= 15 is 0 Å². The molecule has 1 aliphatic heterocycles. The monoisotopic (exact) mass is 264 g/mol. The Bertz CT molecular complexity index is 411. The second-order valence-corrected chi connectivity index (χ2v) is 5.86. The van der Waals surface area contributed by atoms with Crippen molar-refractivity contribution in [1.29, 1.82) is 0 Å². The summed E-state index contributed by atoms with van der Waals surface area (Å²) >= 11 is 0. The van der Waals surface area contributed by atoms with Gasteiger partial charge in [-0.25, -0.2) is 4.68 Å². The molecule has 1 saturated heterocycles. The van der Waals surface area contributed by atoms with Crippen molar-refractivity contribution < 1.29 is 4.74 Å². The van der Waals surface area contributed by atoms with Gasteiger partial charge in [-0.15, -0.1) is 5.10 Å². The first kappa shape index (κ1) is 13.1. The van der Waals surface area contributed by atoms with Gasteiger partial charge in [-0.05, 0) is 32.2 Å². The lowest BCUT2D eigenvalue weighted by Crippen LogP contribution is -2.38. The van der Waals surface area contributed by atoms with Crippen LogP contribution < -0.4 is 5.32 Å². The number of nitrogens with one attached hydrogen (secondary N) is 1. The van der Waals surface area contributed by atoms with Crippen LogP contribution in [0.4, 0.5) is 0 Å². The lowest BCUT2D eigenvalue weighted by Gasteiger charge is -2.38. The molecule has 106 valence electrons. The molecule has 0 aromatic carbocycles. The zero-order valence-corrected chi connectivity index (χ0v) is 11.8. The SMILES string of the molecule is CCNCc1cn(C2CCOC3(CCCC3)C2)nn1. The van der Waals surface area contributed by atoms with Crippen LogP contribution in [0.1, 0.15) is 57.2 Å². The second kappa shape index (κ2) is 5.59. The summed E-state index contributed by atoms with van der Waals surface area (Å²) in [6.45, 7) is 4.75. The van der Waals surface area contributed by atoms with Gasteiger partial charge in [0.05, 0.1) is 23.5 Å². The Kier molecular flexibility index (Phi) is 3.84. The molecule has 0 amide bonds. The predicted molar refractivity (Wildman–Crippen MR) is 72.8 cm³/mol. The number of rotatable bonds is 4. The molecule has 19 heavy (non-hydrogen) atoms. The predicted octanol–water partition coefficient (Wildman–Crippen LogP) is 2.05. The van der Waals surface area contributed by atoms with E-state index in [1.165, 1.54) is 25.7 Å². The smallest absolute Gasteiger partial charge is 0.0964 e. The third-order valence-corrected chi connectivity index (χ3v) is 4.47. The largest absolute Gasteiger partial charge is 0.375 e. The van der Waals surface area contributed by atoms with Crippen LogP contribution in [-0.4, -0.2) is 33.7 Å². The zero-order chi connectivity index (χ0) is 13.1. The average molecular weight is 264 g/mol. The summed E-state index contributed by atoms with van der Waals surface area (Å²) in [5.41, 5.74) is 1.19. The molecule has 2 heterocycles. The number of aromatic nitrogens is 3.